The molecule has 5 rings (SSSR count). The Bertz CT molecular complexity index is 1090. The number of aliphatic hydroxyl groups excluding tert-OH is 1. The molecule has 6 heteroatoms. The average molecular weight is 389 g/mol. The molecular formula is C23H19NO5. The lowest BCUT2D eigenvalue weighted by atomic mass is 9.70. The van der Waals surface area contributed by atoms with Gasteiger partial charge in [-0.15, -0.1) is 0 Å². The smallest absolute Gasteiger partial charge is 0.195 e. The first-order valence-electron chi connectivity index (χ1n) is 9.75. The van der Waals surface area contributed by atoms with Crippen molar-refractivity contribution >= 4 is 23.1 Å². The van der Waals surface area contributed by atoms with Gasteiger partial charge in [-0.1, -0.05) is 36.5 Å². The lowest BCUT2D eigenvalue weighted by Crippen LogP contribution is -2.42. The predicted octanol–water partition coefficient (Wildman–Crippen LogP) is 0.980. The molecule has 4 atom stereocenters. The minimum absolute atomic E-state index is 0.0108. The number of aliphatic hydroxyl groups is 1. The van der Waals surface area contributed by atoms with Crippen molar-refractivity contribution in [3.8, 4) is 0 Å². The zero-order valence-corrected chi connectivity index (χ0v) is 15.6. The van der Waals surface area contributed by atoms with Crippen LogP contribution in [0, 0.1) is 11.8 Å². The minimum atomic E-state index is -1.35. The van der Waals surface area contributed by atoms with Gasteiger partial charge in [0.15, 0.2) is 23.1 Å². The zero-order chi connectivity index (χ0) is 20.4. The van der Waals surface area contributed by atoms with Gasteiger partial charge in [0, 0.05) is 28.7 Å². The molecule has 4 unspecified atom stereocenters. The van der Waals surface area contributed by atoms with Gasteiger partial charge in [-0.3, -0.25) is 19.2 Å². The van der Waals surface area contributed by atoms with Crippen molar-refractivity contribution in [2.75, 3.05) is 0 Å². The molecule has 0 spiro atoms. The monoisotopic (exact) mass is 389 g/mol. The summed E-state index contributed by atoms with van der Waals surface area (Å²) in [5.74, 6) is -3.32. The Balaban J connectivity index is 1.68. The Hall–Kier alpha value is -2.96. The molecule has 5 aliphatic rings. The Labute approximate surface area is 166 Å². The van der Waals surface area contributed by atoms with Crippen molar-refractivity contribution < 1.29 is 24.3 Å². The van der Waals surface area contributed by atoms with E-state index in [1.807, 2.05) is 6.08 Å². The van der Waals surface area contributed by atoms with E-state index in [2.05, 4.69) is 0 Å². The number of nitrogens with two attached hydrogens (primary N) is 1. The first kappa shape index (κ1) is 18.1. The summed E-state index contributed by atoms with van der Waals surface area (Å²) in [5, 5.41) is 10.9. The van der Waals surface area contributed by atoms with Gasteiger partial charge < -0.3 is 10.8 Å². The van der Waals surface area contributed by atoms with Crippen molar-refractivity contribution in [2.45, 2.75) is 31.4 Å². The summed E-state index contributed by atoms with van der Waals surface area (Å²) in [6.45, 7) is 0. The number of carbonyl (C=O) groups excluding carboxylic acids is 4. The van der Waals surface area contributed by atoms with Gasteiger partial charge in [0.2, 0.25) is 0 Å². The Morgan fingerprint density at radius 3 is 2.31 bits per heavy atom. The summed E-state index contributed by atoms with van der Waals surface area (Å²) in [5.41, 5.74) is 7.11. The van der Waals surface area contributed by atoms with Gasteiger partial charge >= 0.3 is 0 Å². The van der Waals surface area contributed by atoms with Gasteiger partial charge in [-0.05, 0) is 18.4 Å². The maximum atomic E-state index is 13.5. The molecule has 5 aliphatic carbocycles. The van der Waals surface area contributed by atoms with E-state index in [1.165, 1.54) is 0 Å². The maximum absolute atomic E-state index is 13.5. The topological polar surface area (TPSA) is 115 Å². The first-order valence-corrected chi connectivity index (χ1v) is 9.75. The lowest BCUT2D eigenvalue weighted by Gasteiger charge is -2.31. The van der Waals surface area contributed by atoms with Crippen molar-refractivity contribution in [3.63, 3.8) is 0 Å². The Kier molecular flexibility index (Phi) is 3.91. The van der Waals surface area contributed by atoms with Crippen LogP contribution in [0.4, 0.5) is 0 Å². The predicted molar refractivity (Wildman–Crippen MR) is 103 cm³/mol. The molecule has 0 aromatic carbocycles. The third-order valence-electron chi connectivity index (χ3n) is 6.45. The highest BCUT2D eigenvalue weighted by Gasteiger charge is 2.49. The number of Topliss-reactive ketones (excluding diaryl/α,β-unsaturated/α-hetero) is 4. The first-order chi connectivity index (χ1) is 13.9. The molecule has 3 N–H and O–H groups in total. The third-order valence-corrected chi connectivity index (χ3v) is 6.45. The van der Waals surface area contributed by atoms with Crippen LogP contribution < -0.4 is 5.73 Å². The molecule has 0 aromatic heterocycles. The fraction of sp³-hybridized carbons (Fsp3) is 0.304. The van der Waals surface area contributed by atoms with Crippen LogP contribution in [-0.4, -0.2) is 40.4 Å². The largest absolute Gasteiger partial charge is 0.388 e. The van der Waals surface area contributed by atoms with E-state index < -0.39 is 41.3 Å². The highest BCUT2D eigenvalue weighted by Crippen LogP contribution is 2.43. The molecule has 146 valence electrons. The van der Waals surface area contributed by atoms with Crippen LogP contribution in [0.25, 0.3) is 0 Å². The zero-order valence-electron chi connectivity index (χ0n) is 15.6. The highest BCUT2D eigenvalue weighted by atomic mass is 16.3. The van der Waals surface area contributed by atoms with Gasteiger partial charge in [0.25, 0.3) is 0 Å². The second kappa shape index (κ2) is 6.27. The molecule has 0 saturated heterocycles. The van der Waals surface area contributed by atoms with E-state index in [1.54, 1.807) is 30.4 Å². The summed E-state index contributed by atoms with van der Waals surface area (Å²) in [6.07, 6.45) is 9.85. The normalized spacial score (nSPS) is 33.6. The van der Waals surface area contributed by atoms with Gasteiger partial charge in [-0.2, -0.15) is 0 Å². The Morgan fingerprint density at radius 2 is 1.59 bits per heavy atom. The standard InChI is InChI=1S/C23H19NO5/c24-19-10-5-1-2-6-11(10)22(28)17-15(25)9-14-16(23(29)18(17)19)21(27)13-8-4-3-7-12(13)20(14)26/h1,3-5,7-8,12-13,15,19,25H,2,6,9,24H2. The maximum Gasteiger partial charge on any atom is 0.195 e. The molecule has 0 fully saturated rings. The highest BCUT2D eigenvalue weighted by molar-refractivity contribution is 6.35. The molecule has 0 bridgehead atoms. The number of allylic oxidation sites excluding steroid dienone is 7. The van der Waals surface area contributed by atoms with E-state index in [0.717, 1.165) is 0 Å². The Morgan fingerprint density at radius 1 is 0.897 bits per heavy atom. The quantitative estimate of drug-likeness (QED) is 0.597. The van der Waals surface area contributed by atoms with E-state index in [9.17, 15) is 24.3 Å². The summed E-state index contributed by atoms with van der Waals surface area (Å²) in [6, 6.07) is -0.911. The van der Waals surface area contributed by atoms with E-state index in [4.69, 9.17) is 5.73 Å². The van der Waals surface area contributed by atoms with Crippen LogP contribution in [0.2, 0.25) is 0 Å². The molecule has 0 aromatic rings. The van der Waals surface area contributed by atoms with Crippen LogP contribution in [0.3, 0.4) is 0 Å². The summed E-state index contributed by atoms with van der Waals surface area (Å²) in [7, 11) is 0. The average Bonchev–Trinajstić information content (AvgIpc) is 2.85. The van der Waals surface area contributed by atoms with Crippen LogP contribution in [-0.2, 0) is 19.2 Å². The fourth-order valence-corrected chi connectivity index (χ4v) is 5.05. The van der Waals surface area contributed by atoms with Gasteiger partial charge in [0.05, 0.1) is 29.6 Å². The van der Waals surface area contributed by atoms with Crippen LogP contribution in [0.5, 0.6) is 0 Å². The fourth-order valence-electron chi connectivity index (χ4n) is 5.05. The third kappa shape index (κ3) is 2.36. The number of ketones is 4. The minimum Gasteiger partial charge on any atom is -0.388 e. The van der Waals surface area contributed by atoms with E-state index in [-0.39, 0.29) is 34.5 Å². The van der Waals surface area contributed by atoms with Crippen LogP contribution in [0.1, 0.15) is 19.3 Å². The molecule has 0 amide bonds. The second-order valence-corrected chi connectivity index (χ2v) is 7.96. The van der Waals surface area contributed by atoms with Crippen LogP contribution >= 0.6 is 0 Å². The number of hydrogen-bond donors (Lipinski definition) is 2. The SMILES string of the molecule is NC1C2=C(CCC=C2)C(=O)C2=C1C(=O)C1=C(CC2O)C(=O)C2C=CC=CC2C1=O. The lowest BCUT2D eigenvalue weighted by molar-refractivity contribution is -0.129. The van der Waals surface area contributed by atoms with Crippen molar-refractivity contribution in [3.05, 3.63) is 69.9 Å². The van der Waals surface area contributed by atoms with Crippen molar-refractivity contribution in [1.29, 1.82) is 0 Å². The summed E-state index contributed by atoms with van der Waals surface area (Å²) < 4.78 is 0. The van der Waals surface area contributed by atoms with Gasteiger partial charge in [0.1, 0.15) is 0 Å². The molecule has 0 radical (unpaired) electrons. The summed E-state index contributed by atoms with van der Waals surface area (Å²) in [4.78, 5) is 52.9. The second-order valence-electron chi connectivity index (χ2n) is 7.96. The molecule has 6 nitrogen and oxygen atoms in total. The van der Waals surface area contributed by atoms with Crippen molar-refractivity contribution in [1.82, 2.24) is 0 Å². The molecule has 0 aliphatic heterocycles. The number of rotatable bonds is 0. The molecular weight excluding hydrogens is 370 g/mol. The molecule has 29 heavy (non-hydrogen) atoms. The number of fused-ring (bicyclic) bond motifs is 1. The number of carbonyl (C=O) groups is 4. The molecule has 0 heterocycles. The van der Waals surface area contributed by atoms with Crippen LogP contribution in [0.15, 0.2) is 69.9 Å². The summed E-state index contributed by atoms with van der Waals surface area (Å²) >= 11 is 0. The van der Waals surface area contributed by atoms with E-state index >= 15 is 0 Å². The van der Waals surface area contributed by atoms with Gasteiger partial charge in [-0.25, -0.2) is 0 Å². The van der Waals surface area contributed by atoms with Crippen molar-refractivity contribution in [2.24, 2.45) is 17.6 Å². The molecule has 0 saturated carbocycles. The van der Waals surface area contributed by atoms with E-state index in [0.29, 0.717) is 24.0 Å². The number of hydrogen-bond acceptors (Lipinski definition) is 6.